The first-order chi connectivity index (χ1) is 24.7. The zero-order chi connectivity index (χ0) is 38.0. The second kappa shape index (κ2) is 17.9. The summed E-state index contributed by atoms with van der Waals surface area (Å²) in [6.45, 7) is 1.03. The number of likely N-dealkylation sites (tertiary alicyclic amines) is 1. The molecule has 1 fully saturated rings. The third-order valence-electron chi connectivity index (χ3n) is 8.88. The van der Waals surface area contributed by atoms with Gasteiger partial charge in [-0.25, -0.2) is 9.97 Å². The van der Waals surface area contributed by atoms with Gasteiger partial charge in [0.05, 0.1) is 39.5 Å². The van der Waals surface area contributed by atoms with E-state index in [1.54, 1.807) is 35.6 Å². The summed E-state index contributed by atoms with van der Waals surface area (Å²) >= 11 is 0. The van der Waals surface area contributed by atoms with Gasteiger partial charge in [-0.05, 0) is 80.1 Å². The molecule has 0 bridgehead atoms. The summed E-state index contributed by atoms with van der Waals surface area (Å²) in [4.78, 5) is 47.0. The van der Waals surface area contributed by atoms with E-state index in [4.69, 9.17) is 9.90 Å². The number of carbonyl (C=O) groups excluding carboxylic acids is 3. The molecule has 3 heterocycles. The first kappa shape index (κ1) is 39.6. The Morgan fingerprint density at radius 3 is 2.42 bits per heavy atom. The predicted molar refractivity (Wildman–Crippen MR) is 190 cm³/mol. The third-order valence-corrected chi connectivity index (χ3v) is 8.88. The molecule has 1 unspecified atom stereocenters. The number of rotatable bonds is 13. The lowest BCUT2D eigenvalue weighted by Crippen LogP contribution is -2.45. The fourth-order valence-corrected chi connectivity index (χ4v) is 6.33. The van der Waals surface area contributed by atoms with Crippen molar-refractivity contribution in [3.63, 3.8) is 0 Å². The number of alkyl halides is 2. The van der Waals surface area contributed by atoms with Crippen molar-refractivity contribution in [2.24, 2.45) is 5.92 Å². The molecule has 2 aromatic carbocycles. The van der Waals surface area contributed by atoms with Crippen LogP contribution >= 0.6 is 0 Å². The summed E-state index contributed by atoms with van der Waals surface area (Å²) in [7, 11) is 7.82. The molecule has 52 heavy (non-hydrogen) atoms. The number of imidazole rings is 1. The molecule has 0 radical (unpaired) electrons. The van der Waals surface area contributed by atoms with Gasteiger partial charge in [0, 0.05) is 62.4 Å². The van der Waals surface area contributed by atoms with Crippen molar-refractivity contribution in [1.82, 2.24) is 24.2 Å². The van der Waals surface area contributed by atoms with E-state index >= 15 is 0 Å². The number of ether oxygens (including phenoxy) is 1. The molecule has 5 rings (SSSR count). The predicted octanol–water partition coefficient (Wildman–Crippen LogP) is 3.57. The fourth-order valence-electron chi connectivity index (χ4n) is 6.33. The van der Waals surface area contributed by atoms with Crippen LogP contribution in [-0.2, 0) is 9.59 Å². The van der Waals surface area contributed by atoms with Gasteiger partial charge in [0.15, 0.2) is 11.5 Å². The lowest BCUT2D eigenvalue weighted by Gasteiger charge is -2.34. The van der Waals surface area contributed by atoms with Gasteiger partial charge < -0.3 is 39.3 Å². The van der Waals surface area contributed by atoms with E-state index in [1.807, 2.05) is 62.6 Å². The van der Waals surface area contributed by atoms with Crippen LogP contribution in [-0.4, -0.2) is 119 Å². The lowest BCUT2D eigenvalue weighted by atomic mass is 9.93. The zero-order valence-corrected chi connectivity index (χ0v) is 30.2. The molecule has 1 aliphatic rings. The number of likely N-dealkylation sites (N-methyl/N-ethyl adjacent to an activating group) is 1. The topological polar surface area (TPSA) is 152 Å². The molecule has 1 saturated heterocycles. The Hall–Kier alpha value is -5.15. The number of halogens is 2. The second-order valence-corrected chi connectivity index (χ2v) is 13.9. The van der Waals surface area contributed by atoms with Gasteiger partial charge in [0.25, 0.3) is 5.91 Å². The number of hydrogen-bond acceptors (Lipinski definition) is 9. The van der Waals surface area contributed by atoms with E-state index in [0.29, 0.717) is 53.6 Å². The Kier molecular flexibility index (Phi) is 13.6. The number of aryl methyl sites for hydroxylation is 1. The van der Waals surface area contributed by atoms with Crippen molar-refractivity contribution in [3.05, 3.63) is 72.2 Å². The molecular weight excluding hydrogens is 676 g/mol. The fraction of sp³-hybridized carbons (Fsp3) is 0.432. The maximum atomic E-state index is 13.4. The highest BCUT2D eigenvalue weighted by Crippen LogP contribution is 2.28. The minimum Gasteiger partial charge on any atom is -0.554 e. The molecule has 0 spiro atoms. The number of benzene rings is 2. The van der Waals surface area contributed by atoms with Gasteiger partial charge in [-0.2, -0.15) is 8.78 Å². The molecule has 0 saturated carbocycles. The Morgan fingerprint density at radius 2 is 1.81 bits per heavy atom. The Labute approximate surface area is 302 Å². The van der Waals surface area contributed by atoms with Gasteiger partial charge in [-0.15, -0.1) is 0 Å². The van der Waals surface area contributed by atoms with Crippen LogP contribution < -0.4 is 15.2 Å². The van der Waals surface area contributed by atoms with E-state index in [2.05, 4.69) is 20.0 Å². The SMILES string of the molecule is Cc1cc(Nc2nccn3c(-c4ccc(OC(F)F)cc4)cnc23)ccc1C(=O)N(C)CCC1CCN(C(=O)CC(O)C[N+](C)(C)C)CC1.O=C[O-]. The average molecular weight is 724 g/mol. The minimum absolute atomic E-state index is 0.00928. The summed E-state index contributed by atoms with van der Waals surface area (Å²) in [6.07, 6.45) is 7.26. The highest BCUT2D eigenvalue weighted by Gasteiger charge is 2.27. The van der Waals surface area contributed by atoms with Gasteiger partial charge in [-0.3, -0.25) is 14.0 Å². The van der Waals surface area contributed by atoms with E-state index in [0.717, 1.165) is 41.8 Å². The van der Waals surface area contributed by atoms with Crippen LogP contribution in [0, 0.1) is 12.8 Å². The normalized spacial score (nSPS) is 14.1. The molecule has 0 aliphatic carbocycles. The maximum absolute atomic E-state index is 13.4. The largest absolute Gasteiger partial charge is 0.554 e. The molecule has 13 nitrogen and oxygen atoms in total. The van der Waals surface area contributed by atoms with E-state index < -0.39 is 19.2 Å². The minimum atomic E-state index is -2.89. The smallest absolute Gasteiger partial charge is 0.387 e. The molecule has 2 amide bonds. The molecule has 4 aromatic rings. The molecule has 2 aromatic heterocycles. The zero-order valence-electron chi connectivity index (χ0n) is 30.2. The number of anilines is 2. The third kappa shape index (κ3) is 10.9. The average Bonchev–Trinajstić information content (AvgIpc) is 3.52. The first-order valence-electron chi connectivity index (χ1n) is 17.0. The summed E-state index contributed by atoms with van der Waals surface area (Å²) in [5.41, 5.74) is 4.31. The van der Waals surface area contributed by atoms with Crippen molar-refractivity contribution < 1.29 is 42.6 Å². The summed E-state index contributed by atoms with van der Waals surface area (Å²) < 4.78 is 32.0. The number of nitrogens with zero attached hydrogens (tertiary/aromatic N) is 6. The van der Waals surface area contributed by atoms with Gasteiger partial charge in [0.1, 0.15) is 18.4 Å². The molecule has 2 N–H and O–H groups in total. The number of fused-ring (bicyclic) bond motifs is 1. The van der Waals surface area contributed by atoms with Crippen LogP contribution in [0.15, 0.2) is 61.1 Å². The molecule has 1 atom stereocenters. The van der Waals surface area contributed by atoms with Crippen LogP contribution in [0.2, 0.25) is 0 Å². The summed E-state index contributed by atoms with van der Waals surface area (Å²) in [5, 5.41) is 21.9. The van der Waals surface area contributed by atoms with Crippen LogP contribution in [0.25, 0.3) is 16.9 Å². The number of nitrogens with one attached hydrogen (secondary N) is 1. The van der Waals surface area contributed by atoms with E-state index in [-0.39, 0.29) is 24.0 Å². The number of quaternary nitrogens is 1. The van der Waals surface area contributed by atoms with Crippen LogP contribution in [0.1, 0.15) is 41.6 Å². The second-order valence-electron chi connectivity index (χ2n) is 13.9. The van der Waals surface area contributed by atoms with Gasteiger partial charge >= 0.3 is 6.61 Å². The lowest BCUT2D eigenvalue weighted by molar-refractivity contribution is -0.873. The number of carbonyl (C=O) groups is 3. The number of amides is 2. The van der Waals surface area contributed by atoms with Crippen molar-refractivity contribution >= 4 is 35.4 Å². The van der Waals surface area contributed by atoms with E-state index in [9.17, 15) is 23.5 Å². The number of aromatic nitrogens is 3. The number of hydrogen-bond donors (Lipinski definition) is 2. The highest BCUT2D eigenvalue weighted by atomic mass is 19.3. The Balaban J connectivity index is 0.00000195. The van der Waals surface area contributed by atoms with Gasteiger partial charge in [0.2, 0.25) is 5.91 Å². The summed E-state index contributed by atoms with van der Waals surface area (Å²) in [6, 6.07) is 11.9. The van der Waals surface area contributed by atoms with Crippen LogP contribution in [0.5, 0.6) is 5.75 Å². The molecule has 280 valence electrons. The van der Waals surface area contributed by atoms with E-state index in [1.165, 1.54) is 12.1 Å². The van der Waals surface area contributed by atoms with Crippen molar-refractivity contribution in [2.45, 2.75) is 45.3 Å². The Morgan fingerprint density at radius 1 is 1.13 bits per heavy atom. The van der Waals surface area contributed by atoms with Crippen molar-refractivity contribution in [1.29, 1.82) is 0 Å². The monoisotopic (exact) mass is 723 g/mol. The Bertz CT molecular complexity index is 1800. The van der Waals surface area contributed by atoms with Crippen LogP contribution in [0.3, 0.4) is 0 Å². The standard InChI is InChI=1S/C36H45F2N7O4.CH2O2/c1-24-20-27(41-33-34-40-22-31(44(34)19-15-39-33)26-6-9-29(10-7-26)49-36(37)38)8-11-30(24)35(48)42(2)16-12-25-13-17-43(18-14-25)32(47)21-28(46)23-45(3,4)5;2-1-3/h6-11,15,19-20,22,25,28,36,46H,12-14,16-18,21,23H2,1-5H3;1H,(H,2,3). The van der Waals surface area contributed by atoms with Gasteiger partial charge in [-0.1, -0.05) is 0 Å². The number of carboxylic acid groups (broad SMARTS) is 1. The molecule has 1 aliphatic heterocycles. The number of piperidine rings is 1. The molecular formula is C37H47F2N7O6. The maximum Gasteiger partial charge on any atom is 0.387 e. The molecule has 15 heteroatoms. The van der Waals surface area contributed by atoms with Crippen LogP contribution in [0.4, 0.5) is 20.3 Å². The quantitative estimate of drug-likeness (QED) is 0.156. The highest BCUT2D eigenvalue weighted by molar-refractivity contribution is 5.96. The van der Waals surface area contributed by atoms with Crippen molar-refractivity contribution in [2.75, 3.05) is 59.7 Å². The van der Waals surface area contributed by atoms with Crippen molar-refractivity contribution in [3.8, 4) is 17.0 Å². The first-order valence-corrected chi connectivity index (χ1v) is 17.0. The summed E-state index contributed by atoms with van der Waals surface area (Å²) in [5.74, 6) is 0.992. The number of aliphatic hydroxyl groups is 1. The number of aliphatic hydroxyl groups excluding tert-OH is 1.